The highest BCUT2D eigenvalue weighted by Crippen LogP contribution is 2.15. The van der Waals surface area contributed by atoms with Gasteiger partial charge in [0.2, 0.25) is 5.29 Å². The molecule has 7 heteroatoms. The highest BCUT2D eigenvalue weighted by atomic mass is 35.5. The zero-order chi connectivity index (χ0) is 18.8. The van der Waals surface area contributed by atoms with Crippen LogP contribution in [0.25, 0.3) is 0 Å². The van der Waals surface area contributed by atoms with Crippen molar-refractivity contribution in [3.8, 4) is 5.75 Å². The van der Waals surface area contributed by atoms with Gasteiger partial charge in [0.25, 0.3) is 0 Å². The van der Waals surface area contributed by atoms with Gasteiger partial charge in [0.15, 0.2) is 6.29 Å². The molecule has 1 unspecified atom stereocenters. The maximum absolute atomic E-state index is 5.98. The summed E-state index contributed by atoms with van der Waals surface area (Å²) in [7, 11) is 1.65. The van der Waals surface area contributed by atoms with Crippen molar-refractivity contribution in [1.82, 2.24) is 5.32 Å². The van der Waals surface area contributed by atoms with E-state index in [0.717, 1.165) is 16.9 Å². The van der Waals surface area contributed by atoms with Crippen molar-refractivity contribution < 1.29 is 14.2 Å². The summed E-state index contributed by atoms with van der Waals surface area (Å²) in [5.41, 5.74) is 2.06. The predicted molar refractivity (Wildman–Crippen MR) is 105 cm³/mol. The molecule has 0 aliphatic carbocycles. The number of aliphatic imine (C=N–C) groups is 2. The average Bonchev–Trinajstić information content (AvgIpc) is 2.66. The van der Waals surface area contributed by atoms with Crippen LogP contribution in [-0.2, 0) is 16.0 Å². The van der Waals surface area contributed by atoms with Gasteiger partial charge in [-0.1, -0.05) is 18.2 Å². The van der Waals surface area contributed by atoms with Gasteiger partial charge < -0.3 is 14.2 Å². The van der Waals surface area contributed by atoms with E-state index >= 15 is 0 Å². The number of amidine groups is 1. The van der Waals surface area contributed by atoms with E-state index in [9.17, 15) is 0 Å². The minimum absolute atomic E-state index is 0.237. The first-order chi connectivity index (χ1) is 12.7. The molecule has 0 amide bonds. The molecular formula is C19H26ClN3O3. The van der Waals surface area contributed by atoms with Crippen LogP contribution in [-0.4, -0.2) is 44.3 Å². The SMILES string of the molecule is CCOC(CC=C1C=NC(Cl)=NC1NCc1ccc(OC)cc1)OCC. The van der Waals surface area contributed by atoms with E-state index in [-0.39, 0.29) is 17.8 Å². The highest BCUT2D eigenvalue weighted by molar-refractivity contribution is 6.65. The maximum Gasteiger partial charge on any atom is 0.219 e. The van der Waals surface area contributed by atoms with E-state index in [0.29, 0.717) is 26.2 Å². The monoisotopic (exact) mass is 379 g/mol. The molecule has 1 aliphatic heterocycles. The second-order valence-corrected chi connectivity index (χ2v) is 5.91. The molecule has 1 N–H and O–H groups in total. The van der Waals surface area contributed by atoms with E-state index in [1.54, 1.807) is 13.3 Å². The van der Waals surface area contributed by atoms with Crippen molar-refractivity contribution in [1.29, 1.82) is 0 Å². The van der Waals surface area contributed by atoms with Gasteiger partial charge in [0.05, 0.1) is 7.11 Å². The first-order valence-corrected chi connectivity index (χ1v) is 9.11. The first-order valence-electron chi connectivity index (χ1n) is 8.73. The van der Waals surface area contributed by atoms with Gasteiger partial charge in [0, 0.05) is 38.0 Å². The molecule has 1 aliphatic rings. The maximum atomic E-state index is 5.98. The van der Waals surface area contributed by atoms with Crippen LogP contribution in [0.15, 0.2) is 45.9 Å². The fraction of sp³-hybridized carbons (Fsp3) is 0.474. The standard InChI is InChI=1S/C19H26ClN3O3/c1-4-25-17(26-5-2)11-8-15-13-22-19(20)23-18(15)21-12-14-6-9-16(24-3)10-7-14/h6-10,13,17-18,21H,4-5,11-12H2,1-3H3. The summed E-state index contributed by atoms with van der Waals surface area (Å²) in [6.45, 7) is 5.75. The summed E-state index contributed by atoms with van der Waals surface area (Å²) in [5.74, 6) is 0.832. The molecule has 142 valence electrons. The third-order valence-corrected chi connectivity index (χ3v) is 3.98. The van der Waals surface area contributed by atoms with Gasteiger partial charge in [-0.3, -0.25) is 5.32 Å². The van der Waals surface area contributed by atoms with Gasteiger partial charge in [-0.25, -0.2) is 9.98 Å². The normalized spacial score (nSPS) is 18.4. The molecule has 26 heavy (non-hydrogen) atoms. The van der Waals surface area contributed by atoms with Crippen molar-refractivity contribution in [3.63, 3.8) is 0 Å². The van der Waals surface area contributed by atoms with Gasteiger partial charge in [0.1, 0.15) is 11.9 Å². The number of benzene rings is 1. The summed E-state index contributed by atoms with van der Waals surface area (Å²) >= 11 is 5.98. The van der Waals surface area contributed by atoms with Crippen molar-refractivity contribution in [2.45, 2.75) is 39.3 Å². The smallest absolute Gasteiger partial charge is 0.219 e. The van der Waals surface area contributed by atoms with Crippen LogP contribution in [0.1, 0.15) is 25.8 Å². The Morgan fingerprint density at radius 3 is 2.50 bits per heavy atom. The number of methoxy groups -OCH3 is 1. The lowest BCUT2D eigenvalue weighted by atomic mass is 10.1. The lowest BCUT2D eigenvalue weighted by Gasteiger charge is -2.20. The molecule has 1 aromatic rings. The zero-order valence-electron chi connectivity index (χ0n) is 15.4. The van der Waals surface area contributed by atoms with Crippen molar-refractivity contribution in [3.05, 3.63) is 41.5 Å². The van der Waals surface area contributed by atoms with Crippen molar-refractivity contribution in [2.24, 2.45) is 9.98 Å². The molecule has 1 atom stereocenters. The predicted octanol–water partition coefficient (Wildman–Crippen LogP) is 3.51. The zero-order valence-corrected chi connectivity index (χ0v) is 16.2. The quantitative estimate of drug-likeness (QED) is 0.499. The lowest BCUT2D eigenvalue weighted by molar-refractivity contribution is -0.133. The fourth-order valence-corrected chi connectivity index (χ4v) is 2.63. The van der Waals surface area contributed by atoms with Crippen LogP contribution >= 0.6 is 11.6 Å². The van der Waals surface area contributed by atoms with E-state index in [2.05, 4.69) is 15.3 Å². The minimum atomic E-state index is -0.269. The molecule has 0 saturated heterocycles. The molecule has 2 rings (SSSR count). The highest BCUT2D eigenvalue weighted by Gasteiger charge is 2.17. The van der Waals surface area contributed by atoms with Crippen LogP contribution in [0.4, 0.5) is 0 Å². The lowest BCUT2D eigenvalue weighted by Crippen LogP contribution is -2.32. The minimum Gasteiger partial charge on any atom is -0.497 e. The van der Waals surface area contributed by atoms with Crippen molar-refractivity contribution >= 4 is 23.1 Å². The van der Waals surface area contributed by atoms with Crippen LogP contribution in [0, 0.1) is 0 Å². The summed E-state index contributed by atoms with van der Waals surface area (Å²) in [5, 5.41) is 3.63. The molecule has 1 heterocycles. The summed E-state index contributed by atoms with van der Waals surface area (Å²) in [6.07, 6.45) is 3.85. The summed E-state index contributed by atoms with van der Waals surface area (Å²) in [6, 6.07) is 7.89. The number of nitrogens with one attached hydrogen (secondary N) is 1. The Labute approximate surface area is 159 Å². The molecule has 0 aromatic heterocycles. The van der Waals surface area contributed by atoms with Crippen molar-refractivity contribution in [2.75, 3.05) is 20.3 Å². The van der Waals surface area contributed by atoms with Gasteiger partial charge in [-0.2, -0.15) is 0 Å². The molecule has 0 saturated carbocycles. The second-order valence-electron chi connectivity index (χ2n) is 5.57. The summed E-state index contributed by atoms with van der Waals surface area (Å²) < 4.78 is 16.3. The largest absolute Gasteiger partial charge is 0.497 e. The third-order valence-electron chi connectivity index (χ3n) is 3.78. The molecule has 0 bridgehead atoms. The number of hydrogen-bond donors (Lipinski definition) is 1. The Balaban J connectivity index is 2.00. The van der Waals surface area contributed by atoms with E-state index in [4.69, 9.17) is 25.8 Å². The number of rotatable bonds is 10. The Bertz CT molecular complexity index is 638. The van der Waals surface area contributed by atoms with Crippen LogP contribution < -0.4 is 10.1 Å². The Morgan fingerprint density at radius 1 is 1.19 bits per heavy atom. The third kappa shape index (κ3) is 6.53. The number of nitrogens with zero attached hydrogens (tertiary/aromatic N) is 2. The number of hydrogen-bond acceptors (Lipinski definition) is 6. The molecule has 6 nitrogen and oxygen atoms in total. The molecule has 0 spiro atoms. The Kier molecular flexibility index (Phi) is 8.77. The van der Waals surface area contributed by atoms with Crippen LogP contribution in [0.2, 0.25) is 0 Å². The first kappa shape index (κ1) is 20.6. The molecular weight excluding hydrogens is 354 g/mol. The average molecular weight is 380 g/mol. The van der Waals surface area contributed by atoms with E-state index < -0.39 is 0 Å². The topological polar surface area (TPSA) is 64.4 Å². The molecule has 0 radical (unpaired) electrons. The number of ether oxygens (including phenoxy) is 3. The van der Waals surface area contributed by atoms with Gasteiger partial charge in [-0.15, -0.1) is 0 Å². The van der Waals surface area contributed by atoms with Gasteiger partial charge in [-0.05, 0) is 43.1 Å². The van der Waals surface area contributed by atoms with Gasteiger partial charge >= 0.3 is 0 Å². The fourth-order valence-electron chi connectivity index (χ4n) is 2.49. The molecule has 1 aromatic carbocycles. The van der Waals surface area contributed by atoms with Crippen LogP contribution in [0.3, 0.4) is 0 Å². The second kappa shape index (κ2) is 11.1. The summed E-state index contributed by atoms with van der Waals surface area (Å²) in [4.78, 5) is 8.47. The Morgan fingerprint density at radius 2 is 1.88 bits per heavy atom. The van der Waals surface area contributed by atoms with E-state index in [1.807, 2.05) is 44.2 Å². The van der Waals surface area contributed by atoms with E-state index in [1.165, 1.54) is 0 Å². The van der Waals surface area contributed by atoms with Crippen LogP contribution in [0.5, 0.6) is 5.75 Å². The number of halogens is 1. The molecule has 0 fully saturated rings. The Hall–Kier alpha value is -1.73.